The highest BCUT2D eigenvalue weighted by Gasteiger charge is 2.26. The van der Waals surface area contributed by atoms with Crippen molar-refractivity contribution in [2.45, 2.75) is 13.0 Å². The fourth-order valence-electron chi connectivity index (χ4n) is 3.37. The van der Waals surface area contributed by atoms with Crippen LogP contribution in [0.25, 0.3) is 16.7 Å². The predicted octanol–water partition coefficient (Wildman–Crippen LogP) is 1.32. The Balaban J connectivity index is 1.99. The molecule has 0 bridgehead atoms. The quantitative estimate of drug-likeness (QED) is 0.753. The molecule has 3 heterocycles. The minimum atomic E-state index is -0.449. The number of hydrogen-bond acceptors (Lipinski definition) is 5. The van der Waals surface area contributed by atoms with Gasteiger partial charge < -0.3 is 16.0 Å². The van der Waals surface area contributed by atoms with E-state index in [1.54, 1.807) is 16.9 Å². The van der Waals surface area contributed by atoms with Crippen molar-refractivity contribution in [3.63, 3.8) is 0 Å². The number of piperazine rings is 1. The summed E-state index contributed by atoms with van der Waals surface area (Å²) in [6.45, 7) is 4.71. The van der Waals surface area contributed by atoms with Crippen LogP contribution in [-0.4, -0.2) is 46.3 Å². The maximum Gasteiger partial charge on any atom is 0.249 e. The van der Waals surface area contributed by atoms with E-state index in [2.05, 4.69) is 22.1 Å². The van der Waals surface area contributed by atoms with E-state index >= 15 is 0 Å². The number of amides is 1. The molecule has 7 nitrogen and oxygen atoms in total. The molecule has 0 saturated carbocycles. The average Bonchev–Trinajstić information content (AvgIpc) is 3.02. The third-order valence-electron chi connectivity index (χ3n) is 4.59. The first-order chi connectivity index (χ1) is 12.2. The van der Waals surface area contributed by atoms with Crippen molar-refractivity contribution in [2.24, 2.45) is 5.73 Å². The molecule has 3 N–H and O–H groups in total. The molecule has 128 valence electrons. The number of anilines is 1. The topological polar surface area (TPSA) is 89.1 Å². The van der Waals surface area contributed by atoms with E-state index in [-0.39, 0.29) is 6.04 Å². The smallest absolute Gasteiger partial charge is 0.249 e. The predicted molar refractivity (Wildman–Crippen MR) is 97.1 cm³/mol. The van der Waals surface area contributed by atoms with Gasteiger partial charge in [0.05, 0.1) is 16.5 Å². The number of primary amides is 1. The molecule has 2 aromatic heterocycles. The fourth-order valence-corrected chi connectivity index (χ4v) is 3.37. The molecule has 1 atom stereocenters. The van der Waals surface area contributed by atoms with Crippen molar-refractivity contribution in [2.75, 3.05) is 24.5 Å². The summed E-state index contributed by atoms with van der Waals surface area (Å²) >= 11 is 0. The molecular weight excluding hydrogens is 316 g/mol. The summed E-state index contributed by atoms with van der Waals surface area (Å²) in [5, 5.41) is 8.99. The van der Waals surface area contributed by atoms with Crippen LogP contribution in [0.3, 0.4) is 0 Å². The molecule has 0 spiro atoms. The molecule has 1 fully saturated rings. The summed E-state index contributed by atoms with van der Waals surface area (Å²) in [4.78, 5) is 18.6. The number of nitrogens with zero attached hydrogens (tertiary/aromatic N) is 4. The molecular formula is C18H20N6O. The Morgan fingerprint density at radius 2 is 2.16 bits per heavy atom. The zero-order chi connectivity index (χ0) is 17.4. The van der Waals surface area contributed by atoms with Crippen LogP contribution in [0.4, 0.5) is 5.82 Å². The Labute approximate surface area is 145 Å². The first kappa shape index (κ1) is 15.6. The highest BCUT2D eigenvalue weighted by molar-refractivity contribution is 6.10. The summed E-state index contributed by atoms with van der Waals surface area (Å²) in [7, 11) is 0. The van der Waals surface area contributed by atoms with E-state index in [1.165, 1.54) is 0 Å². The highest BCUT2D eigenvalue weighted by atomic mass is 16.1. The minimum Gasteiger partial charge on any atom is -0.366 e. The van der Waals surface area contributed by atoms with Crippen LogP contribution in [0.5, 0.6) is 0 Å². The van der Waals surface area contributed by atoms with Gasteiger partial charge >= 0.3 is 0 Å². The average molecular weight is 336 g/mol. The van der Waals surface area contributed by atoms with Crippen molar-refractivity contribution in [3.05, 3.63) is 48.2 Å². The number of fused-ring (bicyclic) bond motifs is 1. The molecule has 0 radical (unpaired) electrons. The number of nitrogens with two attached hydrogens (primary N) is 1. The molecule has 25 heavy (non-hydrogen) atoms. The van der Waals surface area contributed by atoms with Gasteiger partial charge in [-0.3, -0.25) is 4.79 Å². The number of benzene rings is 1. The summed E-state index contributed by atoms with van der Waals surface area (Å²) in [5.41, 5.74) is 6.95. The van der Waals surface area contributed by atoms with Crippen LogP contribution >= 0.6 is 0 Å². The first-order valence-corrected chi connectivity index (χ1v) is 8.37. The second-order valence-corrected chi connectivity index (χ2v) is 6.23. The number of carbonyl (C=O) groups excluding carboxylic acids is 1. The molecule has 1 aliphatic rings. The normalized spacial score (nSPS) is 17.8. The molecule has 0 aliphatic carbocycles. The zero-order valence-electron chi connectivity index (χ0n) is 14.0. The number of carbonyl (C=O) groups is 1. The Bertz CT molecular complexity index is 920. The van der Waals surface area contributed by atoms with Crippen LogP contribution in [0, 0.1) is 0 Å². The molecule has 4 rings (SSSR count). The van der Waals surface area contributed by atoms with Gasteiger partial charge in [0.15, 0.2) is 11.6 Å². The summed E-state index contributed by atoms with van der Waals surface area (Å²) in [6.07, 6.45) is 1.73. The highest BCUT2D eigenvalue weighted by Crippen LogP contribution is 2.32. The van der Waals surface area contributed by atoms with Gasteiger partial charge in [0.2, 0.25) is 5.91 Å². The Hall–Kier alpha value is -2.93. The van der Waals surface area contributed by atoms with Crippen LogP contribution in [0.1, 0.15) is 17.3 Å². The van der Waals surface area contributed by atoms with Crippen molar-refractivity contribution in [1.82, 2.24) is 20.1 Å². The van der Waals surface area contributed by atoms with Gasteiger partial charge in [0.25, 0.3) is 0 Å². The number of pyridine rings is 1. The standard InChI is InChI=1S/C18H20N6O/c1-12-11-20-9-10-23(12)18-16-13(17(19)25)5-4-6-14(16)24(22-18)15-7-2-3-8-21-15/h2-8,12,20H,9-11H2,1H3,(H2,19,25). The minimum absolute atomic E-state index is 0.268. The van der Waals surface area contributed by atoms with Crippen LogP contribution in [0.2, 0.25) is 0 Å². The van der Waals surface area contributed by atoms with Crippen molar-refractivity contribution < 1.29 is 4.79 Å². The number of nitrogens with one attached hydrogen (secondary N) is 1. The van der Waals surface area contributed by atoms with Crippen LogP contribution in [0.15, 0.2) is 42.6 Å². The van der Waals surface area contributed by atoms with Crippen molar-refractivity contribution >= 4 is 22.6 Å². The Kier molecular flexibility index (Phi) is 3.85. The molecule has 7 heteroatoms. The van der Waals surface area contributed by atoms with Crippen molar-refractivity contribution in [1.29, 1.82) is 0 Å². The number of hydrogen-bond donors (Lipinski definition) is 2. The molecule has 1 aliphatic heterocycles. The Morgan fingerprint density at radius 3 is 2.88 bits per heavy atom. The monoisotopic (exact) mass is 336 g/mol. The fraction of sp³-hybridized carbons (Fsp3) is 0.278. The van der Waals surface area contributed by atoms with E-state index < -0.39 is 5.91 Å². The van der Waals surface area contributed by atoms with E-state index in [4.69, 9.17) is 10.8 Å². The largest absolute Gasteiger partial charge is 0.366 e. The number of rotatable bonds is 3. The van der Waals surface area contributed by atoms with E-state index in [9.17, 15) is 4.79 Å². The molecule has 1 amide bonds. The second-order valence-electron chi connectivity index (χ2n) is 6.23. The third-order valence-corrected chi connectivity index (χ3v) is 4.59. The van der Waals surface area contributed by atoms with Gasteiger partial charge in [-0.25, -0.2) is 9.67 Å². The second kappa shape index (κ2) is 6.18. The van der Waals surface area contributed by atoms with Gasteiger partial charge in [-0.15, -0.1) is 5.10 Å². The summed E-state index contributed by atoms with van der Waals surface area (Å²) < 4.78 is 1.78. The van der Waals surface area contributed by atoms with Gasteiger partial charge in [0.1, 0.15) is 0 Å². The number of aromatic nitrogens is 3. The molecule has 3 aromatic rings. The van der Waals surface area contributed by atoms with E-state index in [0.29, 0.717) is 11.4 Å². The van der Waals surface area contributed by atoms with Gasteiger partial charge in [-0.2, -0.15) is 0 Å². The van der Waals surface area contributed by atoms with Crippen LogP contribution in [-0.2, 0) is 0 Å². The lowest BCUT2D eigenvalue weighted by Gasteiger charge is -2.34. The maximum atomic E-state index is 12.0. The van der Waals surface area contributed by atoms with E-state index in [0.717, 1.165) is 36.4 Å². The molecule has 1 unspecified atom stereocenters. The summed E-state index contributed by atoms with van der Waals surface area (Å²) in [6, 6.07) is 11.5. The Morgan fingerprint density at radius 1 is 1.28 bits per heavy atom. The summed E-state index contributed by atoms with van der Waals surface area (Å²) in [5.74, 6) is 1.04. The van der Waals surface area contributed by atoms with Crippen LogP contribution < -0.4 is 16.0 Å². The lowest BCUT2D eigenvalue weighted by molar-refractivity contribution is 0.100. The first-order valence-electron chi connectivity index (χ1n) is 8.37. The van der Waals surface area contributed by atoms with Gasteiger partial charge in [-0.05, 0) is 31.2 Å². The lowest BCUT2D eigenvalue weighted by Crippen LogP contribution is -2.50. The molecule has 1 aromatic carbocycles. The lowest BCUT2D eigenvalue weighted by atomic mass is 10.1. The third kappa shape index (κ3) is 2.62. The molecule has 1 saturated heterocycles. The van der Waals surface area contributed by atoms with E-state index in [1.807, 2.05) is 30.3 Å². The van der Waals surface area contributed by atoms with Gasteiger partial charge in [0, 0.05) is 31.9 Å². The zero-order valence-corrected chi connectivity index (χ0v) is 14.0. The van der Waals surface area contributed by atoms with Crippen molar-refractivity contribution in [3.8, 4) is 5.82 Å². The maximum absolute atomic E-state index is 12.0. The van der Waals surface area contributed by atoms with Gasteiger partial charge in [-0.1, -0.05) is 12.1 Å². The SMILES string of the molecule is CC1CNCCN1c1nn(-c2ccccn2)c2cccc(C(N)=O)c12.